The minimum Gasteiger partial charge on any atom is -0.497 e. The maximum atomic E-state index is 12.5. The molecule has 7 heteroatoms. The number of hydrogen-bond acceptors (Lipinski definition) is 5. The molecule has 0 aliphatic rings. The molecule has 0 bridgehead atoms. The summed E-state index contributed by atoms with van der Waals surface area (Å²) in [6, 6.07) is 12.3. The molecule has 2 aromatic rings. The highest BCUT2D eigenvalue weighted by Gasteiger charge is 2.20. The third kappa shape index (κ3) is 5.15. The van der Waals surface area contributed by atoms with Crippen molar-refractivity contribution in [1.82, 2.24) is 0 Å². The number of hydrogen-bond donors (Lipinski definition) is 1. The minimum absolute atomic E-state index is 0.292. The summed E-state index contributed by atoms with van der Waals surface area (Å²) in [5.41, 5.74) is 1.17. The van der Waals surface area contributed by atoms with Crippen molar-refractivity contribution in [2.45, 2.75) is 4.90 Å². The lowest BCUT2D eigenvalue weighted by molar-refractivity contribution is -0.113. The summed E-state index contributed by atoms with van der Waals surface area (Å²) in [4.78, 5) is 24.6. The summed E-state index contributed by atoms with van der Waals surface area (Å²) in [5.74, 6) is 0.514. The van der Waals surface area contributed by atoms with Crippen LogP contribution < -0.4 is 19.1 Å². The normalized spacial score (nSPS) is 9.85. The second-order valence-corrected chi connectivity index (χ2v) is 6.20. The van der Waals surface area contributed by atoms with E-state index in [0.29, 0.717) is 22.9 Å². The van der Waals surface area contributed by atoms with Crippen molar-refractivity contribution in [3.8, 4) is 11.5 Å². The summed E-state index contributed by atoms with van der Waals surface area (Å²) < 4.78 is 12.1. The van der Waals surface area contributed by atoms with Crippen molar-refractivity contribution in [3.05, 3.63) is 67.8 Å². The Bertz CT molecular complexity index is 850. The molecule has 0 heterocycles. The number of carbonyl (C=O) groups is 2. The highest BCUT2D eigenvalue weighted by atomic mass is 32.2. The molecule has 27 heavy (non-hydrogen) atoms. The molecule has 2 aromatic carbocycles. The van der Waals surface area contributed by atoms with Crippen LogP contribution in [0.1, 0.15) is 0 Å². The molecular weight excluding hydrogens is 364 g/mol. The zero-order chi connectivity index (χ0) is 19.8. The fraction of sp³-hybridized carbons (Fsp3) is 0.100. The van der Waals surface area contributed by atoms with Crippen LogP contribution in [0.2, 0.25) is 0 Å². The number of nitrogens with zero attached hydrogens (tertiary/aromatic N) is 1. The Hall–Kier alpha value is -3.19. The van der Waals surface area contributed by atoms with Gasteiger partial charge in [0, 0.05) is 16.6 Å². The Morgan fingerprint density at radius 2 is 1.74 bits per heavy atom. The number of methoxy groups -OCH3 is 2. The van der Waals surface area contributed by atoms with Crippen LogP contribution in [0, 0.1) is 0 Å². The number of ether oxygens (including phenoxy) is 2. The molecule has 0 fully saturated rings. The first kappa shape index (κ1) is 20.1. The van der Waals surface area contributed by atoms with Crippen LogP contribution in [0.3, 0.4) is 0 Å². The lowest BCUT2D eigenvalue weighted by atomic mass is 10.2. The fourth-order valence-corrected chi connectivity index (χ4v) is 3.02. The summed E-state index contributed by atoms with van der Waals surface area (Å²) in [5, 5.41) is 2.67. The molecule has 0 spiro atoms. The van der Waals surface area contributed by atoms with Crippen LogP contribution in [0.5, 0.6) is 11.5 Å². The van der Waals surface area contributed by atoms with E-state index in [1.54, 1.807) is 49.6 Å². The lowest BCUT2D eigenvalue weighted by Gasteiger charge is -2.22. The maximum Gasteiger partial charge on any atom is 0.260 e. The van der Waals surface area contributed by atoms with Crippen LogP contribution in [0.4, 0.5) is 11.4 Å². The van der Waals surface area contributed by atoms with Gasteiger partial charge in [-0.3, -0.25) is 9.59 Å². The molecule has 2 rings (SSSR count). The van der Waals surface area contributed by atoms with Crippen molar-refractivity contribution < 1.29 is 19.1 Å². The molecule has 0 saturated carbocycles. The summed E-state index contributed by atoms with van der Waals surface area (Å²) in [6.07, 6.45) is 2.42. The van der Waals surface area contributed by atoms with Crippen molar-refractivity contribution in [2.24, 2.45) is 0 Å². The van der Waals surface area contributed by atoms with E-state index in [-0.39, 0.29) is 11.8 Å². The number of rotatable bonds is 8. The summed E-state index contributed by atoms with van der Waals surface area (Å²) in [7, 11) is 3.08. The molecule has 6 nitrogen and oxygen atoms in total. The Labute approximate surface area is 162 Å². The van der Waals surface area contributed by atoms with Crippen LogP contribution in [-0.4, -0.2) is 26.0 Å². The van der Waals surface area contributed by atoms with E-state index in [1.807, 2.05) is 0 Å². The molecule has 0 atom stereocenters. The summed E-state index contributed by atoms with van der Waals surface area (Å²) in [6.45, 7) is 6.98. The monoisotopic (exact) mass is 384 g/mol. The summed E-state index contributed by atoms with van der Waals surface area (Å²) >= 11 is 1.20. The van der Waals surface area contributed by atoms with Crippen molar-refractivity contribution >= 4 is 35.1 Å². The number of amides is 2. The second kappa shape index (κ2) is 9.49. The van der Waals surface area contributed by atoms with Crippen LogP contribution >= 0.6 is 11.9 Å². The average molecular weight is 384 g/mol. The number of nitrogens with one attached hydrogen (secondary N) is 1. The lowest BCUT2D eigenvalue weighted by Crippen LogP contribution is -2.22. The number of benzene rings is 2. The van der Waals surface area contributed by atoms with Gasteiger partial charge < -0.3 is 14.8 Å². The third-order valence-electron chi connectivity index (χ3n) is 3.48. The van der Waals surface area contributed by atoms with Crippen molar-refractivity contribution in [3.63, 3.8) is 0 Å². The van der Waals surface area contributed by atoms with E-state index in [0.717, 1.165) is 4.90 Å². The largest absolute Gasteiger partial charge is 0.497 e. The SMILES string of the molecule is C=CC(=O)Nc1ccc(SN(C(=O)C=C)c2cc(OC)ccc2OC)cc1. The molecule has 0 aliphatic carbocycles. The first-order chi connectivity index (χ1) is 13.0. The first-order valence-electron chi connectivity index (χ1n) is 7.92. The predicted octanol–water partition coefficient (Wildman–Crippen LogP) is 4.05. The van der Waals surface area contributed by atoms with Crippen LogP contribution in [0.15, 0.2) is 72.7 Å². The van der Waals surface area contributed by atoms with Gasteiger partial charge in [-0.05, 0) is 60.5 Å². The molecule has 2 amide bonds. The number of anilines is 2. The van der Waals surface area contributed by atoms with Gasteiger partial charge in [0.1, 0.15) is 17.2 Å². The second-order valence-electron chi connectivity index (χ2n) is 5.18. The van der Waals surface area contributed by atoms with E-state index >= 15 is 0 Å². The zero-order valence-corrected chi connectivity index (χ0v) is 15.9. The van der Waals surface area contributed by atoms with E-state index < -0.39 is 0 Å². The van der Waals surface area contributed by atoms with Gasteiger partial charge in [0.05, 0.1) is 14.2 Å². The highest BCUT2D eigenvalue weighted by Crippen LogP contribution is 2.38. The Balaban J connectivity index is 2.33. The van der Waals surface area contributed by atoms with Gasteiger partial charge in [-0.2, -0.15) is 0 Å². The smallest absolute Gasteiger partial charge is 0.260 e. The minimum atomic E-state index is -0.310. The predicted molar refractivity (Wildman–Crippen MR) is 108 cm³/mol. The van der Waals surface area contributed by atoms with Gasteiger partial charge in [-0.15, -0.1) is 0 Å². The van der Waals surface area contributed by atoms with Crippen molar-refractivity contribution in [2.75, 3.05) is 23.8 Å². The van der Waals surface area contributed by atoms with E-state index in [1.165, 1.54) is 35.5 Å². The Morgan fingerprint density at radius 3 is 2.30 bits per heavy atom. The maximum absolute atomic E-state index is 12.5. The van der Waals surface area contributed by atoms with E-state index in [4.69, 9.17) is 9.47 Å². The van der Waals surface area contributed by atoms with Crippen LogP contribution in [0.25, 0.3) is 0 Å². The fourth-order valence-electron chi connectivity index (χ4n) is 2.15. The van der Waals surface area contributed by atoms with Gasteiger partial charge in [0.15, 0.2) is 0 Å². The van der Waals surface area contributed by atoms with Gasteiger partial charge in [0.2, 0.25) is 5.91 Å². The first-order valence-corrected chi connectivity index (χ1v) is 8.69. The molecule has 0 aromatic heterocycles. The van der Waals surface area contributed by atoms with Crippen molar-refractivity contribution in [1.29, 1.82) is 0 Å². The zero-order valence-electron chi connectivity index (χ0n) is 15.1. The Morgan fingerprint density at radius 1 is 1.04 bits per heavy atom. The quantitative estimate of drug-likeness (QED) is 0.549. The topological polar surface area (TPSA) is 67.9 Å². The van der Waals surface area contributed by atoms with Gasteiger partial charge in [-0.1, -0.05) is 13.2 Å². The van der Waals surface area contributed by atoms with E-state index in [2.05, 4.69) is 18.5 Å². The molecule has 0 aliphatic heterocycles. The van der Waals surface area contributed by atoms with Crippen LogP contribution in [-0.2, 0) is 9.59 Å². The molecular formula is C20H20N2O4S. The number of carbonyl (C=O) groups excluding carboxylic acids is 2. The van der Waals surface area contributed by atoms with Gasteiger partial charge in [0.25, 0.3) is 5.91 Å². The van der Waals surface area contributed by atoms with E-state index in [9.17, 15) is 9.59 Å². The molecule has 140 valence electrons. The molecule has 0 saturated heterocycles. The molecule has 1 N–H and O–H groups in total. The van der Waals surface area contributed by atoms with Gasteiger partial charge >= 0.3 is 0 Å². The molecule has 0 radical (unpaired) electrons. The standard InChI is InChI=1S/C20H20N2O4S/c1-5-19(23)21-14-7-10-16(11-8-14)27-22(20(24)6-2)17-13-15(25-3)9-12-18(17)26-4/h5-13H,1-2H2,3-4H3,(H,21,23). The van der Waals surface area contributed by atoms with Gasteiger partial charge in [-0.25, -0.2) is 4.31 Å². The third-order valence-corrected chi connectivity index (χ3v) is 4.53. The Kier molecular flexibility index (Phi) is 7.08. The average Bonchev–Trinajstić information content (AvgIpc) is 2.71. The highest BCUT2D eigenvalue weighted by molar-refractivity contribution is 8.01. The molecule has 0 unspecified atom stereocenters.